The summed E-state index contributed by atoms with van der Waals surface area (Å²) >= 11 is 0. The Morgan fingerprint density at radius 2 is 1.63 bits per heavy atom. The van der Waals surface area contributed by atoms with Gasteiger partial charge in [0.1, 0.15) is 5.82 Å². The molecule has 0 aliphatic carbocycles. The molecule has 1 amide bonds. The average molecular weight is 370 g/mol. The number of nitrogens with zero attached hydrogens (tertiary/aromatic N) is 1. The van der Waals surface area contributed by atoms with Crippen LogP contribution in [0.1, 0.15) is 62.4 Å². The van der Waals surface area contributed by atoms with Crippen LogP contribution in [0.5, 0.6) is 0 Å². The molecule has 0 aliphatic rings. The zero-order chi connectivity index (χ0) is 20.8. The fourth-order valence-electron chi connectivity index (χ4n) is 2.01. The Morgan fingerprint density at radius 3 is 2.19 bits per heavy atom. The normalized spacial score (nSPS) is 8.81. The van der Waals surface area contributed by atoms with Gasteiger partial charge in [0.25, 0.3) is 5.91 Å². The lowest BCUT2D eigenvalue weighted by atomic mass is 10.2. The van der Waals surface area contributed by atoms with E-state index in [1.54, 1.807) is 42.6 Å². The van der Waals surface area contributed by atoms with E-state index in [4.69, 9.17) is 5.73 Å². The minimum absolute atomic E-state index is 0.270. The summed E-state index contributed by atoms with van der Waals surface area (Å²) in [4.78, 5) is 29.8. The number of carbonyl (C=O) groups excluding carboxylic acids is 2. The van der Waals surface area contributed by atoms with Crippen molar-refractivity contribution in [1.82, 2.24) is 9.97 Å². The molecule has 3 rings (SSSR count). The number of nitrogens with one attached hydrogen (secondary N) is 2. The highest BCUT2D eigenvalue weighted by atomic mass is 16.1. The summed E-state index contributed by atoms with van der Waals surface area (Å²) in [6.45, 7) is 12.0. The lowest BCUT2D eigenvalue weighted by molar-refractivity contribution is 0.102. The zero-order valence-electron chi connectivity index (χ0n) is 17.0. The number of rotatable bonds is 3. The van der Waals surface area contributed by atoms with Crippen LogP contribution in [-0.2, 0) is 0 Å². The summed E-state index contributed by atoms with van der Waals surface area (Å²) in [5, 5.41) is 3.51. The van der Waals surface area contributed by atoms with Crippen LogP contribution in [0.15, 0.2) is 42.6 Å². The number of benzene rings is 1. The van der Waals surface area contributed by atoms with Gasteiger partial charge in [0, 0.05) is 16.6 Å². The third kappa shape index (κ3) is 6.93. The van der Waals surface area contributed by atoms with E-state index in [2.05, 4.69) is 15.3 Å². The molecule has 2 aromatic heterocycles. The van der Waals surface area contributed by atoms with Gasteiger partial charge in [-0.3, -0.25) is 9.59 Å². The van der Waals surface area contributed by atoms with Crippen molar-refractivity contribution in [3.8, 4) is 0 Å². The van der Waals surface area contributed by atoms with Crippen molar-refractivity contribution < 1.29 is 9.59 Å². The van der Waals surface area contributed by atoms with Crippen molar-refractivity contribution in [2.24, 2.45) is 0 Å². The van der Waals surface area contributed by atoms with Crippen LogP contribution in [0, 0.1) is 0 Å². The topological polar surface area (TPSA) is 101 Å². The quantitative estimate of drug-likeness (QED) is 0.431. The highest BCUT2D eigenvalue weighted by Gasteiger charge is 2.08. The molecule has 27 heavy (non-hydrogen) atoms. The Kier molecular flexibility index (Phi) is 11.6. The predicted octanol–water partition coefficient (Wildman–Crippen LogP) is 5.29. The number of carbonyl (C=O) groups is 2. The molecule has 6 heteroatoms. The molecule has 1 aromatic carbocycles. The monoisotopic (exact) mass is 370 g/mol. The van der Waals surface area contributed by atoms with Crippen molar-refractivity contribution in [2.75, 3.05) is 11.1 Å². The van der Waals surface area contributed by atoms with Gasteiger partial charge in [0.15, 0.2) is 6.29 Å². The Labute approximate surface area is 161 Å². The number of aromatic amines is 1. The van der Waals surface area contributed by atoms with E-state index in [-0.39, 0.29) is 5.91 Å². The molecule has 0 bridgehead atoms. The first-order valence-electron chi connectivity index (χ1n) is 9.26. The van der Waals surface area contributed by atoms with Crippen molar-refractivity contribution in [3.05, 3.63) is 53.9 Å². The van der Waals surface area contributed by atoms with Crippen LogP contribution >= 0.6 is 0 Å². The van der Waals surface area contributed by atoms with Gasteiger partial charge in [0.05, 0.1) is 17.4 Å². The maximum absolute atomic E-state index is 12.1. The second-order valence-electron chi connectivity index (χ2n) is 4.58. The molecule has 4 N–H and O–H groups in total. The third-order valence-corrected chi connectivity index (χ3v) is 3.07. The van der Waals surface area contributed by atoms with Gasteiger partial charge >= 0.3 is 0 Å². The van der Waals surface area contributed by atoms with E-state index < -0.39 is 0 Å². The zero-order valence-corrected chi connectivity index (χ0v) is 17.0. The van der Waals surface area contributed by atoms with Gasteiger partial charge in [-0.2, -0.15) is 0 Å². The number of hydrogen-bond acceptors (Lipinski definition) is 4. The molecule has 0 fully saturated rings. The van der Waals surface area contributed by atoms with Gasteiger partial charge in [-0.1, -0.05) is 41.5 Å². The Bertz CT molecular complexity index is 824. The molecule has 0 saturated carbocycles. The minimum atomic E-state index is -0.270. The first kappa shape index (κ1) is 23.9. The fraction of sp³-hybridized carbons (Fsp3) is 0.286. The Morgan fingerprint density at radius 1 is 1.04 bits per heavy atom. The Hall–Kier alpha value is -3.15. The van der Waals surface area contributed by atoms with Gasteiger partial charge in [-0.05, 0) is 36.4 Å². The van der Waals surface area contributed by atoms with E-state index in [0.29, 0.717) is 22.8 Å². The Balaban J connectivity index is 0.00000103. The molecular weight excluding hydrogens is 340 g/mol. The summed E-state index contributed by atoms with van der Waals surface area (Å²) in [7, 11) is 0. The number of aldehydes is 1. The number of amides is 1. The molecule has 0 atom stereocenters. The number of nitrogen functional groups attached to an aromatic ring is 1. The molecular formula is C21H30N4O2. The summed E-state index contributed by atoms with van der Waals surface area (Å²) in [5.74, 6) is 0.147. The van der Waals surface area contributed by atoms with Gasteiger partial charge in [-0.15, -0.1) is 0 Å². The lowest BCUT2D eigenvalue weighted by Gasteiger charge is -2.04. The number of nitrogens with two attached hydrogens (primary N) is 1. The number of fused-ring (bicyclic) bond motifs is 1. The molecule has 0 saturated heterocycles. The minimum Gasteiger partial charge on any atom is -0.399 e. The van der Waals surface area contributed by atoms with Crippen LogP contribution in [0.25, 0.3) is 10.9 Å². The van der Waals surface area contributed by atoms with Crippen molar-refractivity contribution in [3.63, 3.8) is 0 Å². The van der Waals surface area contributed by atoms with Crippen LogP contribution in [0.2, 0.25) is 0 Å². The molecule has 3 aromatic rings. The third-order valence-electron chi connectivity index (χ3n) is 3.07. The van der Waals surface area contributed by atoms with E-state index >= 15 is 0 Å². The van der Waals surface area contributed by atoms with E-state index in [1.165, 1.54) is 0 Å². The number of hydrogen-bond donors (Lipinski definition) is 3. The molecule has 0 aliphatic heterocycles. The van der Waals surface area contributed by atoms with Crippen LogP contribution in [-0.4, -0.2) is 22.2 Å². The summed E-state index contributed by atoms with van der Waals surface area (Å²) in [6, 6.07) is 10.0. The predicted molar refractivity (Wildman–Crippen MR) is 114 cm³/mol. The first-order chi connectivity index (χ1) is 13.2. The summed E-state index contributed by atoms with van der Waals surface area (Å²) < 4.78 is 0. The highest BCUT2D eigenvalue weighted by molar-refractivity contribution is 6.04. The van der Waals surface area contributed by atoms with Crippen LogP contribution in [0.4, 0.5) is 11.5 Å². The molecule has 0 spiro atoms. The second kappa shape index (κ2) is 13.1. The van der Waals surface area contributed by atoms with Gasteiger partial charge in [-0.25, -0.2) is 4.98 Å². The van der Waals surface area contributed by atoms with Gasteiger partial charge < -0.3 is 16.0 Å². The smallest absolute Gasteiger partial charge is 0.256 e. The first-order valence-corrected chi connectivity index (χ1v) is 9.26. The standard InChI is InChI=1S/C15H12N4O2.3C2H6/c16-11-3-1-9(2-4-11)15(21)19-14-6-10-5-12(8-20)18-13(10)7-17-14;3*1-2/h1-8,18H,16H2,(H,17,19,21);3*1-2H3. The number of pyridine rings is 1. The van der Waals surface area contributed by atoms with Crippen LogP contribution < -0.4 is 11.1 Å². The highest BCUT2D eigenvalue weighted by Crippen LogP contribution is 2.17. The van der Waals surface area contributed by atoms with Crippen molar-refractivity contribution in [2.45, 2.75) is 41.5 Å². The molecule has 0 radical (unpaired) electrons. The largest absolute Gasteiger partial charge is 0.399 e. The maximum atomic E-state index is 12.1. The fourth-order valence-corrected chi connectivity index (χ4v) is 2.01. The molecule has 0 unspecified atom stereocenters. The summed E-state index contributed by atoms with van der Waals surface area (Å²) in [6.07, 6.45) is 2.30. The SMILES string of the molecule is CC.CC.CC.Nc1ccc(C(=O)Nc2cc3cc(C=O)[nH]c3cn2)cc1. The van der Waals surface area contributed by atoms with Crippen molar-refractivity contribution in [1.29, 1.82) is 0 Å². The summed E-state index contributed by atoms with van der Waals surface area (Å²) in [5.41, 5.74) is 7.88. The molecule has 2 heterocycles. The van der Waals surface area contributed by atoms with E-state index in [1.807, 2.05) is 41.5 Å². The molecule has 146 valence electrons. The lowest BCUT2D eigenvalue weighted by Crippen LogP contribution is -2.12. The van der Waals surface area contributed by atoms with E-state index in [0.717, 1.165) is 17.2 Å². The number of H-pyrrole nitrogens is 1. The van der Waals surface area contributed by atoms with E-state index in [9.17, 15) is 9.59 Å². The second-order valence-corrected chi connectivity index (χ2v) is 4.58. The number of anilines is 2. The van der Waals surface area contributed by atoms with Crippen molar-refractivity contribution >= 4 is 34.6 Å². The van der Waals surface area contributed by atoms with Gasteiger partial charge in [0.2, 0.25) is 0 Å². The van der Waals surface area contributed by atoms with Crippen LogP contribution in [0.3, 0.4) is 0 Å². The number of aromatic nitrogens is 2. The maximum Gasteiger partial charge on any atom is 0.256 e. The average Bonchev–Trinajstić information content (AvgIpc) is 3.15. The molecule has 6 nitrogen and oxygen atoms in total.